The summed E-state index contributed by atoms with van der Waals surface area (Å²) in [5.41, 5.74) is 2.51. The Bertz CT molecular complexity index is 663. The molecule has 1 amide bonds. The van der Waals surface area contributed by atoms with E-state index in [2.05, 4.69) is 26.1 Å². The molecule has 0 heterocycles. The van der Waals surface area contributed by atoms with Gasteiger partial charge in [-0.05, 0) is 44.5 Å². The van der Waals surface area contributed by atoms with E-state index in [-0.39, 0.29) is 11.7 Å². The number of carbonyl (C=O) groups excluding carboxylic acids is 2. The zero-order valence-corrected chi connectivity index (χ0v) is 20.3. The van der Waals surface area contributed by atoms with Crippen LogP contribution in [0.3, 0.4) is 0 Å². The molecule has 0 fully saturated rings. The molecule has 0 atom stereocenters. The molecule has 0 N–H and O–H groups in total. The predicted molar refractivity (Wildman–Crippen MR) is 124 cm³/mol. The summed E-state index contributed by atoms with van der Waals surface area (Å²) in [4.78, 5) is 27.3. The molecule has 0 saturated carbocycles. The molecule has 1 aromatic carbocycles. The van der Waals surface area contributed by atoms with Crippen LogP contribution in [0.5, 0.6) is 0 Å². The number of aryl methyl sites for hydroxylation is 1. The first kappa shape index (κ1) is 24.6. The lowest BCUT2D eigenvalue weighted by molar-refractivity contribution is 0.0773. The Labute approximate surface area is 173 Å². The summed E-state index contributed by atoms with van der Waals surface area (Å²) in [5, 5.41) is 1.16. The number of rotatable bonds is 12. The molecular weight excluding hydrogens is 362 g/mol. The van der Waals surface area contributed by atoms with Crippen molar-refractivity contribution >= 4 is 25.0 Å². The summed E-state index contributed by atoms with van der Waals surface area (Å²) < 4.78 is 0. The summed E-state index contributed by atoms with van der Waals surface area (Å²) in [6.07, 6.45) is 7.70. The molecule has 28 heavy (non-hydrogen) atoms. The molecule has 0 aliphatic heterocycles. The SMILES string of the molecule is CCCCCCCC[Si](C)(C)c1cc(C(C)=O)c(C)cc1C(=O)N(CC)CC. The van der Waals surface area contributed by atoms with Gasteiger partial charge in [0, 0.05) is 24.2 Å². The van der Waals surface area contributed by atoms with E-state index in [1.165, 1.54) is 38.5 Å². The predicted octanol–water partition coefficient (Wildman–Crippen LogP) is 5.96. The number of hydrogen-bond acceptors (Lipinski definition) is 2. The molecule has 1 rings (SSSR count). The molecule has 0 saturated heterocycles. The van der Waals surface area contributed by atoms with Gasteiger partial charge in [0.1, 0.15) is 0 Å². The van der Waals surface area contributed by atoms with Crippen molar-refractivity contribution in [2.45, 2.75) is 92.3 Å². The van der Waals surface area contributed by atoms with Crippen LogP contribution in [0.4, 0.5) is 0 Å². The van der Waals surface area contributed by atoms with Gasteiger partial charge >= 0.3 is 0 Å². The Balaban J connectivity index is 3.19. The molecule has 1 aromatic rings. The number of hydrogen-bond donors (Lipinski definition) is 0. The van der Waals surface area contributed by atoms with Gasteiger partial charge in [0.15, 0.2) is 5.78 Å². The van der Waals surface area contributed by atoms with Gasteiger partial charge < -0.3 is 4.90 Å². The number of benzene rings is 1. The third kappa shape index (κ3) is 6.58. The first-order valence-electron chi connectivity index (χ1n) is 11.1. The van der Waals surface area contributed by atoms with E-state index in [1.807, 2.05) is 31.7 Å². The fraction of sp³-hybridized carbons (Fsp3) is 0.667. The number of carbonyl (C=O) groups is 2. The fourth-order valence-corrected chi connectivity index (χ4v) is 6.83. The molecule has 0 bridgehead atoms. The van der Waals surface area contributed by atoms with Crippen LogP contribution in [0.25, 0.3) is 0 Å². The maximum Gasteiger partial charge on any atom is 0.253 e. The minimum Gasteiger partial charge on any atom is -0.339 e. The monoisotopic (exact) mass is 403 g/mol. The van der Waals surface area contributed by atoms with Crippen LogP contribution < -0.4 is 5.19 Å². The Morgan fingerprint density at radius 1 is 0.893 bits per heavy atom. The van der Waals surface area contributed by atoms with Crippen LogP contribution in [-0.2, 0) is 0 Å². The highest BCUT2D eigenvalue weighted by atomic mass is 28.3. The quantitative estimate of drug-likeness (QED) is 0.245. The maximum atomic E-state index is 13.2. The van der Waals surface area contributed by atoms with Crippen molar-refractivity contribution in [2.75, 3.05) is 13.1 Å². The molecule has 0 unspecified atom stereocenters. The van der Waals surface area contributed by atoms with Crippen LogP contribution in [0.15, 0.2) is 12.1 Å². The maximum absolute atomic E-state index is 13.2. The first-order chi connectivity index (χ1) is 13.2. The van der Waals surface area contributed by atoms with Crippen molar-refractivity contribution in [3.63, 3.8) is 0 Å². The van der Waals surface area contributed by atoms with Gasteiger partial charge in [-0.25, -0.2) is 0 Å². The van der Waals surface area contributed by atoms with E-state index < -0.39 is 8.07 Å². The van der Waals surface area contributed by atoms with Gasteiger partial charge in [0.25, 0.3) is 5.91 Å². The smallest absolute Gasteiger partial charge is 0.253 e. The minimum absolute atomic E-state index is 0.0879. The van der Waals surface area contributed by atoms with Gasteiger partial charge in [-0.2, -0.15) is 0 Å². The molecule has 4 heteroatoms. The molecule has 158 valence electrons. The van der Waals surface area contributed by atoms with E-state index in [1.54, 1.807) is 6.92 Å². The van der Waals surface area contributed by atoms with Crippen molar-refractivity contribution in [3.8, 4) is 0 Å². The van der Waals surface area contributed by atoms with Crippen molar-refractivity contribution < 1.29 is 9.59 Å². The van der Waals surface area contributed by atoms with Crippen molar-refractivity contribution in [3.05, 3.63) is 28.8 Å². The van der Waals surface area contributed by atoms with E-state index in [9.17, 15) is 9.59 Å². The van der Waals surface area contributed by atoms with Crippen LogP contribution in [0.1, 0.15) is 92.5 Å². The number of amides is 1. The van der Waals surface area contributed by atoms with Gasteiger partial charge in [-0.1, -0.05) is 70.7 Å². The largest absolute Gasteiger partial charge is 0.339 e. The van der Waals surface area contributed by atoms with Crippen LogP contribution in [0, 0.1) is 6.92 Å². The van der Waals surface area contributed by atoms with Crippen LogP contribution in [0.2, 0.25) is 19.1 Å². The number of ketones is 1. The number of unbranched alkanes of at least 4 members (excludes halogenated alkanes) is 5. The Hall–Kier alpha value is -1.42. The second-order valence-corrected chi connectivity index (χ2v) is 13.5. The highest BCUT2D eigenvalue weighted by Gasteiger charge is 2.30. The van der Waals surface area contributed by atoms with Crippen molar-refractivity contribution in [1.82, 2.24) is 4.90 Å². The summed E-state index contributed by atoms with van der Waals surface area (Å²) in [5.74, 6) is 0.201. The molecule has 0 spiro atoms. The van der Waals surface area contributed by atoms with Crippen molar-refractivity contribution in [2.24, 2.45) is 0 Å². The van der Waals surface area contributed by atoms with Crippen molar-refractivity contribution in [1.29, 1.82) is 0 Å². The molecule has 0 aliphatic carbocycles. The zero-order chi connectivity index (χ0) is 21.3. The van der Waals surface area contributed by atoms with E-state index >= 15 is 0 Å². The van der Waals surface area contributed by atoms with Crippen LogP contribution >= 0.6 is 0 Å². The Kier molecular flexibility index (Phi) is 10.2. The highest BCUT2D eigenvalue weighted by molar-refractivity contribution is 6.90. The second kappa shape index (κ2) is 11.5. The third-order valence-corrected chi connectivity index (χ3v) is 9.38. The molecule has 0 radical (unpaired) electrons. The third-order valence-electron chi connectivity index (χ3n) is 5.91. The molecule has 0 aromatic heterocycles. The number of Topliss-reactive ketones (excluding diaryl/α,β-unsaturated/α-hetero) is 1. The molecule has 0 aliphatic rings. The summed E-state index contributed by atoms with van der Waals surface area (Å²) in [7, 11) is -1.83. The topological polar surface area (TPSA) is 37.4 Å². The minimum atomic E-state index is -1.83. The molecule has 3 nitrogen and oxygen atoms in total. The second-order valence-electron chi connectivity index (χ2n) is 8.65. The summed E-state index contributed by atoms with van der Waals surface area (Å²) in [6, 6.07) is 5.19. The fourth-order valence-electron chi connectivity index (χ4n) is 3.99. The highest BCUT2D eigenvalue weighted by Crippen LogP contribution is 2.22. The first-order valence-corrected chi connectivity index (χ1v) is 14.4. The Morgan fingerprint density at radius 3 is 2.00 bits per heavy atom. The average molecular weight is 404 g/mol. The average Bonchev–Trinajstić information content (AvgIpc) is 2.64. The van der Waals surface area contributed by atoms with Gasteiger partial charge in [-0.15, -0.1) is 0 Å². The normalized spacial score (nSPS) is 11.5. The summed E-state index contributed by atoms with van der Waals surface area (Å²) in [6.45, 7) is 16.0. The Morgan fingerprint density at radius 2 is 1.46 bits per heavy atom. The van der Waals surface area contributed by atoms with Gasteiger partial charge in [0.2, 0.25) is 0 Å². The lowest BCUT2D eigenvalue weighted by Gasteiger charge is -2.29. The molecular formula is C24H41NO2Si. The van der Waals surface area contributed by atoms with Crippen LogP contribution in [-0.4, -0.2) is 37.8 Å². The van der Waals surface area contributed by atoms with Gasteiger partial charge in [0.05, 0.1) is 8.07 Å². The zero-order valence-electron chi connectivity index (χ0n) is 19.3. The summed E-state index contributed by atoms with van der Waals surface area (Å²) >= 11 is 0. The van der Waals surface area contributed by atoms with E-state index in [4.69, 9.17) is 0 Å². The lowest BCUT2D eigenvalue weighted by Crippen LogP contribution is -2.47. The number of nitrogens with zero attached hydrogens (tertiary/aromatic N) is 1. The standard InChI is InChI=1S/C24H41NO2Si/c1-8-11-12-13-14-15-16-28(6,7)23-18-21(20(5)26)19(4)17-22(23)24(27)25(9-2)10-3/h17-18H,8-16H2,1-7H3. The van der Waals surface area contributed by atoms with Gasteiger partial charge in [-0.3, -0.25) is 9.59 Å². The van der Waals surface area contributed by atoms with E-state index in [0.29, 0.717) is 13.1 Å². The van der Waals surface area contributed by atoms with E-state index in [0.717, 1.165) is 27.9 Å². The lowest BCUT2D eigenvalue weighted by atomic mass is 10.0.